The average Bonchev–Trinajstić information content (AvgIpc) is 3.19. The highest BCUT2D eigenvalue weighted by atomic mass is 31.2. The number of alkyl halides is 1. The Morgan fingerprint density at radius 2 is 2.24 bits per heavy atom. The molecule has 0 amide bonds. The van der Waals surface area contributed by atoms with Gasteiger partial charge in [-0.05, 0) is 20.3 Å². The Labute approximate surface area is 166 Å². The zero-order valence-corrected chi connectivity index (χ0v) is 17.2. The summed E-state index contributed by atoms with van der Waals surface area (Å²) in [6.07, 6.45) is -1.14. The van der Waals surface area contributed by atoms with E-state index in [-0.39, 0.29) is 30.7 Å². The van der Waals surface area contributed by atoms with Gasteiger partial charge in [-0.15, -0.1) is 0 Å². The third kappa shape index (κ3) is 3.49. The molecule has 11 nitrogen and oxygen atoms in total. The number of ether oxygens (including phenoxy) is 2. The van der Waals surface area contributed by atoms with Crippen molar-refractivity contribution in [2.45, 2.75) is 51.3 Å². The van der Waals surface area contributed by atoms with E-state index in [0.717, 1.165) is 0 Å². The second kappa shape index (κ2) is 7.44. The molecule has 4 rings (SSSR count). The standard InChI is InChI=1S/C16H23FN5O6P/c1-4-6-25-29(23)26-7-9-11(28-29)16(3,17)14(27-9)22-8-19-10-12(22)20-15(18)21-13(10)24-5-2/h8-9,11,14H,4-7H2,1-3H3,(H2,18,20,21)/t9-,11-,14-,16-,29+/m1/s1. The third-order valence-corrected chi connectivity index (χ3v) is 6.16. The van der Waals surface area contributed by atoms with Crippen molar-refractivity contribution in [2.75, 3.05) is 25.6 Å². The molecular formula is C16H23FN5O6P. The molecule has 0 spiro atoms. The predicted molar refractivity (Wildman–Crippen MR) is 99.0 cm³/mol. The zero-order chi connectivity index (χ0) is 20.8. The molecule has 160 valence electrons. The summed E-state index contributed by atoms with van der Waals surface area (Å²) in [5.41, 5.74) is 4.26. The minimum atomic E-state index is -3.87. The topological polar surface area (TPSA) is 133 Å². The van der Waals surface area contributed by atoms with Crippen molar-refractivity contribution in [1.29, 1.82) is 0 Å². The first-order valence-electron chi connectivity index (χ1n) is 9.33. The van der Waals surface area contributed by atoms with Crippen LogP contribution in [0.2, 0.25) is 0 Å². The van der Waals surface area contributed by atoms with Gasteiger partial charge in [0.1, 0.15) is 12.2 Å². The number of anilines is 1. The lowest BCUT2D eigenvalue weighted by Crippen LogP contribution is -2.44. The lowest BCUT2D eigenvalue weighted by molar-refractivity contribution is -0.0706. The summed E-state index contributed by atoms with van der Waals surface area (Å²) in [5.74, 6) is 0.150. The van der Waals surface area contributed by atoms with Crippen LogP contribution in [0.4, 0.5) is 10.3 Å². The van der Waals surface area contributed by atoms with Crippen molar-refractivity contribution in [3.05, 3.63) is 6.33 Å². The number of fused-ring (bicyclic) bond motifs is 2. The van der Waals surface area contributed by atoms with Crippen molar-refractivity contribution in [2.24, 2.45) is 0 Å². The molecule has 0 aliphatic carbocycles. The normalized spacial score (nSPS) is 34.4. The van der Waals surface area contributed by atoms with Crippen LogP contribution in [-0.2, 0) is 22.9 Å². The summed E-state index contributed by atoms with van der Waals surface area (Å²) in [4.78, 5) is 12.4. The van der Waals surface area contributed by atoms with Gasteiger partial charge < -0.3 is 15.2 Å². The molecule has 5 atom stereocenters. The van der Waals surface area contributed by atoms with Crippen molar-refractivity contribution in [1.82, 2.24) is 19.5 Å². The number of imidazole rings is 1. The molecule has 0 aromatic carbocycles. The predicted octanol–water partition coefficient (Wildman–Crippen LogP) is 2.38. The Bertz CT molecular complexity index is 955. The smallest absolute Gasteiger partial charge is 0.475 e. The molecule has 29 heavy (non-hydrogen) atoms. The highest BCUT2D eigenvalue weighted by Crippen LogP contribution is 2.59. The summed E-state index contributed by atoms with van der Waals surface area (Å²) in [6, 6.07) is 0. The van der Waals surface area contributed by atoms with Crippen molar-refractivity contribution in [3.63, 3.8) is 0 Å². The van der Waals surface area contributed by atoms with E-state index in [9.17, 15) is 4.57 Å². The van der Waals surface area contributed by atoms with E-state index in [2.05, 4.69) is 15.0 Å². The number of rotatable bonds is 6. The highest BCUT2D eigenvalue weighted by molar-refractivity contribution is 7.48. The number of nitrogens with two attached hydrogens (primary N) is 1. The molecule has 2 aromatic heterocycles. The van der Waals surface area contributed by atoms with E-state index in [0.29, 0.717) is 18.5 Å². The quantitative estimate of drug-likeness (QED) is 0.680. The Kier molecular flexibility index (Phi) is 5.24. The maximum atomic E-state index is 15.9. The number of hydrogen-bond donors (Lipinski definition) is 1. The van der Waals surface area contributed by atoms with Crippen LogP contribution in [0.5, 0.6) is 5.88 Å². The first-order chi connectivity index (χ1) is 13.8. The van der Waals surface area contributed by atoms with Crippen LogP contribution in [0.15, 0.2) is 6.33 Å². The maximum Gasteiger partial charge on any atom is 0.475 e. The molecule has 0 radical (unpaired) electrons. The van der Waals surface area contributed by atoms with E-state index < -0.39 is 31.9 Å². The van der Waals surface area contributed by atoms with E-state index in [1.807, 2.05) is 6.92 Å². The fourth-order valence-electron chi connectivity index (χ4n) is 3.43. The molecule has 2 aliphatic rings. The second-order valence-corrected chi connectivity index (χ2v) is 8.55. The van der Waals surface area contributed by atoms with Crippen LogP contribution in [0.3, 0.4) is 0 Å². The Morgan fingerprint density at radius 1 is 1.45 bits per heavy atom. The largest absolute Gasteiger partial charge is 0.476 e. The van der Waals surface area contributed by atoms with Gasteiger partial charge in [0.05, 0.1) is 26.1 Å². The van der Waals surface area contributed by atoms with Crippen molar-refractivity contribution >= 4 is 24.9 Å². The molecule has 13 heteroatoms. The van der Waals surface area contributed by atoms with Gasteiger partial charge >= 0.3 is 7.82 Å². The molecule has 0 saturated carbocycles. The van der Waals surface area contributed by atoms with Gasteiger partial charge in [-0.25, -0.2) is 13.9 Å². The van der Waals surface area contributed by atoms with Crippen molar-refractivity contribution in [3.8, 4) is 5.88 Å². The monoisotopic (exact) mass is 431 g/mol. The number of nitrogen functional groups attached to an aromatic ring is 1. The molecule has 2 N–H and O–H groups in total. The molecule has 0 bridgehead atoms. The summed E-state index contributed by atoms with van der Waals surface area (Å²) in [6.45, 7) is 5.33. The van der Waals surface area contributed by atoms with Gasteiger partial charge in [-0.1, -0.05) is 6.92 Å². The minimum absolute atomic E-state index is 0.0456. The summed E-state index contributed by atoms with van der Waals surface area (Å²) < 4.78 is 57.1. The fraction of sp³-hybridized carbons (Fsp3) is 0.688. The molecule has 2 aliphatic heterocycles. The van der Waals surface area contributed by atoms with Crippen LogP contribution in [0.1, 0.15) is 33.4 Å². The maximum absolute atomic E-state index is 15.9. The minimum Gasteiger partial charge on any atom is -0.476 e. The fourth-order valence-corrected chi connectivity index (χ4v) is 4.98. The van der Waals surface area contributed by atoms with Gasteiger partial charge in [0.2, 0.25) is 11.8 Å². The summed E-state index contributed by atoms with van der Waals surface area (Å²) in [5, 5.41) is 0. The lowest BCUT2D eigenvalue weighted by atomic mass is 9.98. The number of nitrogens with zero attached hydrogens (tertiary/aromatic N) is 4. The van der Waals surface area contributed by atoms with Crippen LogP contribution in [-0.4, -0.2) is 57.2 Å². The molecular weight excluding hydrogens is 408 g/mol. The first kappa shape index (κ1) is 20.4. The zero-order valence-electron chi connectivity index (χ0n) is 16.3. The summed E-state index contributed by atoms with van der Waals surface area (Å²) >= 11 is 0. The molecule has 4 heterocycles. The van der Waals surface area contributed by atoms with E-state index in [1.165, 1.54) is 17.8 Å². The van der Waals surface area contributed by atoms with Gasteiger partial charge in [-0.3, -0.25) is 18.1 Å². The van der Waals surface area contributed by atoms with E-state index in [4.69, 9.17) is 28.8 Å². The van der Waals surface area contributed by atoms with Gasteiger partial charge in [-0.2, -0.15) is 9.97 Å². The van der Waals surface area contributed by atoms with Crippen LogP contribution >= 0.6 is 7.82 Å². The van der Waals surface area contributed by atoms with Gasteiger partial charge in [0, 0.05) is 0 Å². The van der Waals surface area contributed by atoms with E-state index in [1.54, 1.807) is 6.92 Å². The Hall–Kier alpha value is -1.85. The molecule has 2 saturated heterocycles. The van der Waals surface area contributed by atoms with Crippen LogP contribution in [0.25, 0.3) is 11.2 Å². The number of phosphoric acid groups is 1. The number of phosphoric ester groups is 1. The number of hydrogen-bond acceptors (Lipinski definition) is 10. The van der Waals surface area contributed by atoms with Gasteiger partial charge in [0.25, 0.3) is 0 Å². The van der Waals surface area contributed by atoms with Crippen molar-refractivity contribution < 1.29 is 32.0 Å². The lowest BCUT2D eigenvalue weighted by Gasteiger charge is -2.33. The second-order valence-electron chi connectivity index (χ2n) is 6.92. The van der Waals surface area contributed by atoms with Crippen LogP contribution < -0.4 is 10.5 Å². The number of halogens is 1. The third-order valence-electron chi connectivity index (χ3n) is 4.71. The summed E-state index contributed by atoms with van der Waals surface area (Å²) in [7, 11) is -3.87. The molecule has 0 unspecified atom stereocenters. The van der Waals surface area contributed by atoms with Gasteiger partial charge in [0.15, 0.2) is 23.1 Å². The molecule has 2 aromatic rings. The van der Waals surface area contributed by atoms with Crippen LogP contribution in [0, 0.1) is 0 Å². The Balaban J connectivity index is 1.68. The SMILES string of the molecule is CCCO[P@@]1(=O)OC[C@H]2O[C@@H](n3cnc4c(OCC)nc(N)nc43)[C@](C)(F)[C@@H]2O1. The molecule has 2 fully saturated rings. The van der Waals surface area contributed by atoms with E-state index >= 15 is 4.39 Å². The average molecular weight is 431 g/mol. The highest BCUT2D eigenvalue weighted by Gasteiger charge is 2.61. The Morgan fingerprint density at radius 3 is 2.97 bits per heavy atom. The first-order valence-corrected chi connectivity index (χ1v) is 10.8. The number of aromatic nitrogens is 4.